The predicted molar refractivity (Wildman–Crippen MR) is 60.5 cm³/mol. The smallest absolute Gasteiger partial charge is 0.225 e. The van der Waals surface area contributed by atoms with Gasteiger partial charge in [0.1, 0.15) is 11.5 Å². The summed E-state index contributed by atoms with van der Waals surface area (Å²) in [4.78, 5) is 15.0. The fourth-order valence-electron chi connectivity index (χ4n) is 0.861. The van der Waals surface area contributed by atoms with Gasteiger partial charge in [-0.25, -0.2) is 4.99 Å². The van der Waals surface area contributed by atoms with E-state index in [1.807, 2.05) is 0 Å². The summed E-state index contributed by atoms with van der Waals surface area (Å²) >= 11 is 0. The molecule has 0 spiro atoms. The number of hydrogen-bond acceptors (Lipinski definition) is 4. The number of hydrogen-bond donors (Lipinski definition) is 4. The topological polar surface area (TPSA) is 120 Å². The highest BCUT2D eigenvalue weighted by Gasteiger charge is 2.09. The zero-order chi connectivity index (χ0) is 11.8. The Morgan fingerprint density at radius 1 is 1.53 bits per heavy atom. The van der Waals surface area contributed by atoms with E-state index in [4.69, 9.17) is 17.2 Å². The van der Waals surface area contributed by atoms with Gasteiger partial charge in [-0.05, 0) is 6.92 Å². The van der Waals surface area contributed by atoms with Crippen molar-refractivity contribution in [1.29, 1.82) is 0 Å². The first-order valence-electron chi connectivity index (χ1n) is 4.43. The monoisotopic (exact) mass is 211 g/mol. The van der Waals surface area contributed by atoms with E-state index in [1.165, 1.54) is 6.20 Å². The molecule has 0 bridgehead atoms. The van der Waals surface area contributed by atoms with Crippen LogP contribution in [0.1, 0.15) is 13.3 Å². The maximum Gasteiger partial charge on any atom is 0.225 e. The molecule has 0 saturated carbocycles. The standard InChI is InChI=1S/C9H17N5O/c1-3-13-9(12)8(6(2)11)14-7(15)4-5-10/h3H,1,4-5,10-11H2,2H3,(H2,12,13)(H,14,15)/b8-6-. The van der Waals surface area contributed by atoms with Crippen LogP contribution in [0.3, 0.4) is 0 Å². The molecule has 15 heavy (non-hydrogen) atoms. The molecule has 0 aliphatic carbocycles. The number of nitrogens with zero attached hydrogens (tertiary/aromatic N) is 1. The van der Waals surface area contributed by atoms with Gasteiger partial charge in [0.15, 0.2) is 0 Å². The lowest BCUT2D eigenvalue weighted by Crippen LogP contribution is -2.34. The molecule has 0 fully saturated rings. The van der Waals surface area contributed by atoms with Crippen LogP contribution in [-0.4, -0.2) is 18.3 Å². The van der Waals surface area contributed by atoms with E-state index in [9.17, 15) is 4.79 Å². The minimum Gasteiger partial charge on any atom is -0.400 e. The average Bonchev–Trinajstić information content (AvgIpc) is 2.14. The van der Waals surface area contributed by atoms with Crippen LogP contribution in [-0.2, 0) is 4.79 Å². The van der Waals surface area contributed by atoms with Gasteiger partial charge in [0.2, 0.25) is 5.91 Å². The first-order chi connectivity index (χ1) is 7.02. The second-order valence-corrected chi connectivity index (χ2v) is 2.84. The Hall–Kier alpha value is -1.82. The zero-order valence-corrected chi connectivity index (χ0v) is 8.79. The number of carbonyl (C=O) groups excluding carboxylic acids is 1. The highest BCUT2D eigenvalue weighted by Crippen LogP contribution is 1.96. The van der Waals surface area contributed by atoms with Crippen molar-refractivity contribution < 1.29 is 4.79 Å². The zero-order valence-electron chi connectivity index (χ0n) is 8.79. The lowest BCUT2D eigenvalue weighted by molar-refractivity contribution is -0.120. The molecule has 7 N–H and O–H groups in total. The summed E-state index contributed by atoms with van der Waals surface area (Å²) in [5, 5.41) is 2.53. The second kappa shape index (κ2) is 6.61. The van der Waals surface area contributed by atoms with E-state index in [-0.39, 0.29) is 24.7 Å². The minimum atomic E-state index is -0.250. The van der Waals surface area contributed by atoms with Crippen molar-refractivity contribution in [3.05, 3.63) is 24.2 Å². The predicted octanol–water partition coefficient (Wildman–Crippen LogP) is -0.858. The molecular weight excluding hydrogens is 194 g/mol. The van der Waals surface area contributed by atoms with Crippen LogP contribution in [0.2, 0.25) is 0 Å². The second-order valence-electron chi connectivity index (χ2n) is 2.84. The maximum atomic E-state index is 11.2. The number of aliphatic imine (C=N–C) groups is 1. The summed E-state index contributed by atoms with van der Waals surface area (Å²) in [6.45, 7) is 5.27. The molecule has 0 aromatic carbocycles. The fourth-order valence-corrected chi connectivity index (χ4v) is 0.861. The molecule has 0 aliphatic heterocycles. The van der Waals surface area contributed by atoms with E-state index in [1.54, 1.807) is 6.92 Å². The molecule has 6 heteroatoms. The molecule has 0 radical (unpaired) electrons. The molecule has 0 rings (SSSR count). The number of carbonyl (C=O) groups is 1. The average molecular weight is 211 g/mol. The van der Waals surface area contributed by atoms with Gasteiger partial charge in [-0.2, -0.15) is 0 Å². The van der Waals surface area contributed by atoms with Gasteiger partial charge in [-0.1, -0.05) is 6.58 Å². The van der Waals surface area contributed by atoms with Crippen molar-refractivity contribution in [2.75, 3.05) is 6.54 Å². The number of nitrogens with one attached hydrogen (secondary N) is 1. The van der Waals surface area contributed by atoms with Crippen LogP contribution >= 0.6 is 0 Å². The lowest BCUT2D eigenvalue weighted by atomic mass is 10.3. The summed E-state index contributed by atoms with van der Waals surface area (Å²) in [5.41, 5.74) is 17.0. The molecule has 0 saturated heterocycles. The molecule has 0 aromatic rings. The third kappa shape index (κ3) is 4.82. The van der Waals surface area contributed by atoms with Gasteiger partial charge in [-0.3, -0.25) is 4.79 Å². The molecule has 0 aliphatic rings. The Labute approximate surface area is 88.9 Å². The van der Waals surface area contributed by atoms with E-state index in [0.717, 1.165) is 0 Å². The van der Waals surface area contributed by atoms with Crippen LogP contribution in [0.5, 0.6) is 0 Å². The van der Waals surface area contributed by atoms with Gasteiger partial charge in [-0.15, -0.1) is 0 Å². The first-order valence-corrected chi connectivity index (χ1v) is 4.43. The SMILES string of the molecule is C=CN=C(N)/C(NC(=O)CCN)=C(\C)N. The molecule has 0 unspecified atom stereocenters. The molecule has 6 nitrogen and oxygen atoms in total. The number of amidine groups is 1. The van der Waals surface area contributed by atoms with Gasteiger partial charge in [0.05, 0.1) is 0 Å². The normalized spacial score (nSPS) is 13.1. The fraction of sp³-hybridized carbons (Fsp3) is 0.333. The number of rotatable bonds is 5. The van der Waals surface area contributed by atoms with Crippen LogP contribution in [0.25, 0.3) is 0 Å². The Morgan fingerprint density at radius 2 is 2.13 bits per heavy atom. The molecule has 0 heterocycles. The Balaban J connectivity index is 4.73. The summed E-state index contributed by atoms with van der Waals surface area (Å²) in [7, 11) is 0. The highest BCUT2D eigenvalue weighted by atomic mass is 16.1. The lowest BCUT2D eigenvalue weighted by Gasteiger charge is -2.10. The van der Waals surface area contributed by atoms with E-state index < -0.39 is 0 Å². The van der Waals surface area contributed by atoms with E-state index in [0.29, 0.717) is 11.4 Å². The minimum absolute atomic E-state index is 0.121. The third-order valence-corrected chi connectivity index (χ3v) is 1.52. The van der Waals surface area contributed by atoms with Gasteiger partial charge in [0.25, 0.3) is 0 Å². The van der Waals surface area contributed by atoms with Gasteiger partial charge < -0.3 is 22.5 Å². The number of amides is 1. The summed E-state index contributed by atoms with van der Waals surface area (Å²) in [6, 6.07) is 0. The first kappa shape index (κ1) is 13.2. The molecule has 0 aromatic heterocycles. The molecule has 1 amide bonds. The Kier molecular flexibility index (Phi) is 5.81. The van der Waals surface area contributed by atoms with Crippen molar-refractivity contribution in [1.82, 2.24) is 5.32 Å². The van der Waals surface area contributed by atoms with E-state index >= 15 is 0 Å². The number of allylic oxidation sites excluding steroid dienone is 1. The Bertz CT molecular complexity index is 302. The summed E-state index contributed by atoms with van der Waals surface area (Å²) in [5.74, 6) is -0.130. The maximum absolute atomic E-state index is 11.2. The van der Waals surface area contributed by atoms with Crippen molar-refractivity contribution >= 4 is 11.7 Å². The van der Waals surface area contributed by atoms with Crippen LogP contribution in [0.4, 0.5) is 0 Å². The van der Waals surface area contributed by atoms with Crippen molar-refractivity contribution in [2.45, 2.75) is 13.3 Å². The number of nitrogens with two attached hydrogens (primary N) is 3. The third-order valence-electron chi connectivity index (χ3n) is 1.52. The van der Waals surface area contributed by atoms with Crippen molar-refractivity contribution in [3.63, 3.8) is 0 Å². The van der Waals surface area contributed by atoms with Crippen LogP contribution in [0.15, 0.2) is 29.2 Å². The Morgan fingerprint density at radius 3 is 2.53 bits per heavy atom. The molecule has 0 atom stereocenters. The van der Waals surface area contributed by atoms with Crippen molar-refractivity contribution in [2.24, 2.45) is 22.2 Å². The summed E-state index contributed by atoms with van der Waals surface area (Å²) in [6.07, 6.45) is 1.48. The van der Waals surface area contributed by atoms with E-state index in [2.05, 4.69) is 16.9 Å². The quantitative estimate of drug-likeness (QED) is 0.349. The van der Waals surface area contributed by atoms with Crippen molar-refractivity contribution in [3.8, 4) is 0 Å². The molecule has 84 valence electrons. The summed E-state index contributed by atoms with van der Waals surface area (Å²) < 4.78 is 0. The van der Waals surface area contributed by atoms with Gasteiger partial charge in [0, 0.05) is 24.9 Å². The molecular formula is C9H17N5O. The van der Waals surface area contributed by atoms with Crippen LogP contribution < -0.4 is 22.5 Å². The van der Waals surface area contributed by atoms with Gasteiger partial charge >= 0.3 is 0 Å². The van der Waals surface area contributed by atoms with Crippen LogP contribution in [0, 0.1) is 0 Å². The largest absolute Gasteiger partial charge is 0.400 e. The highest BCUT2D eigenvalue weighted by molar-refractivity contribution is 6.00.